The van der Waals surface area contributed by atoms with Gasteiger partial charge in [-0.25, -0.2) is 0 Å². The van der Waals surface area contributed by atoms with Crippen molar-refractivity contribution in [2.24, 2.45) is 0 Å². The van der Waals surface area contributed by atoms with Crippen LogP contribution in [0.1, 0.15) is 181 Å². The molecule has 3 atom stereocenters. The van der Waals surface area contributed by atoms with E-state index in [1.807, 2.05) is 27.2 Å². The Labute approximate surface area is 333 Å². The number of phosphoric acid groups is 1. The molecular formula is C45H85N2O6P. The predicted molar refractivity (Wildman–Crippen MR) is 228 cm³/mol. The number of unbranched alkanes of at least 4 members (excludes halogenated alkanes) is 20. The van der Waals surface area contributed by atoms with E-state index >= 15 is 0 Å². The molecule has 0 aromatic heterocycles. The minimum absolute atomic E-state index is 0.0111. The van der Waals surface area contributed by atoms with Crippen molar-refractivity contribution in [3.8, 4) is 0 Å². The van der Waals surface area contributed by atoms with Gasteiger partial charge in [0, 0.05) is 6.42 Å². The molecule has 0 heterocycles. The first-order chi connectivity index (χ1) is 26.0. The summed E-state index contributed by atoms with van der Waals surface area (Å²) >= 11 is 0. The van der Waals surface area contributed by atoms with E-state index < -0.39 is 26.6 Å². The van der Waals surface area contributed by atoms with Gasteiger partial charge in [0.25, 0.3) is 7.82 Å². The summed E-state index contributed by atoms with van der Waals surface area (Å²) in [6, 6.07) is -0.910. The average molecular weight is 781 g/mol. The van der Waals surface area contributed by atoms with E-state index in [4.69, 9.17) is 9.05 Å². The molecule has 3 unspecified atom stereocenters. The van der Waals surface area contributed by atoms with Crippen LogP contribution >= 0.6 is 7.82 Å². The lowest BCUT2D eigenvalue weighted by atomic mass is 10.1. The summed E-state index contributed by atoms with van der Waals surface area (Å²) in [6.45, 7) is 4.53. The fourth-order valence-electron chi connectivity index (χ4n) is 5.95. The zero-order valence-electron chi connectivity index (χ0n) is 35.7. The minimum Gasteiger partial charge on any atom is -0.756 e. The fourth-order valence-corrected chi connectivity index (χ4v) is 6.67. The Morgan fingerprint density at radius 1 is 0.630 bits per heavy atom. The first kappa shape index (κ1) is 52.5. The summed E-state index contributed by atoms with van der Waals surface area (Å²) in [5, 5.41) is 13.7. The summed E-state index contributed by atoms with van der Waals surface area (Å²) in [6.07, 6.45) is 46.0. The Kier molecular flexibility index (Phi) is 36.0. The fraction of sp³-hybridized carbons (Fsp3) is 0.800. The second kappa shape index (κ2) is 37.1. The van der Waals surface area contributed by atoms with Crippen molar-refractivity contribution in [3.63, 3.8) is 0 Å². The summed E-state index contributed by atoms with van der Waals surface area (Å²) in [4.78, 5) is 25.2. The summed E-state index contributed by atoms with van der Waals surface area (Å²) in [7, 11) is 1.23. The molecule has 316 valence electrons. The third kappa shape index (κ3) is 38.7. The predicted octanol–water partition coefficient (Wildman–Crippen LogP) is 11.4. The molecule has 0 fully saturated rings. The van der Waals surface area contributed by atoms with Gasteiger partial charge in [-0.15, -0.1) is 0 Å². The zero-order chi connectivity index (χ0) is 40.0. The Bertz CT molecular complexity index is 1020. The molecule has 1 amide bonds. The van der Waals surface area contributed by atoms with Crippen LogP contribution in [0.4, 0.5) is 0 Å². The van der Waals surface area contributed by atoms with Gasteiger partial charge in [0.05, 0.1) is 39.9 Å². The molecule has 0 rings (SSSR count). The highest BCUT2D eigenvalue weighted by Crippen LogP contribution is 2.38. The number of hydrogen-bond acceptors (Lipinski definition) is 6. The van der Waals surface area contributed by atoms with E-state index in [-0.39, 0.29) is 12.5 Å². The molecule has 0 saturated carbocycles. The van der Waals surface area contributed by atoms with E-state index in [1.54, 1.807) is 6.08 Å². The SMILES string of the molecule is CCC/C=C/CC/C=C/CC/C=C/C(O)C(COP(=O)([O-])OCC[N+](C)(C)C)NC(=O)CCCCCCCCC/C=C\CCCCCCCCCCCC. The van der Waals surface area contributed by atoms with Crippen LogP contribution in [0.25, 0.3) is 0 Å². The molecular weight excluding hydrogens is 695 g/mol. The molecule has 0 aliphatic carbocycles. The van der Waals surface area contributed by atoms with Crippen LogP contribution < -0.4 is 10.2 Å². The van der Waals surface area contributed by atoms with Crippen LogP contribution in [-0.2, 0) is 18.4 Å². The first-order valence-corrected chi connectivity index (χ1v) is 23.5. The number of carbonyl (C=O) groups is 1. The van der Waals surface area contributed by atoms with Crippen molar-refractivity contribution < 1.29 is 32.9 Å². The number of nitrogens with zero attached hydrogens (tertiary/aromatic N) is 1. The molecule has 2 N–H and O–H groups in total. The maximum atomic E-state index is 12.8. The molecule has 0 aromatic carbocycles. The van der Waals surface area contributed by atoms with Gasteiger partial charge in [-0.1, -0.05) is 159 Å². The second-order valence-corrected chi connectivity index (χ2v) is 17.4. The van der Waals surface area contributed by atoms with E-state index in [1.165, 1.54) is 109 Å². The first-order valence-electron chi connectivity index (χ1n) is 22.0. The molecule has 0 radical (unpaired) electrons. The number of rotatable bonds is 39. The Balaban J connectivity index is 4.36. The number of aliphatic hydroxyl groups is 1. The molecule has 0 saturated heterocycles. The zero-order valence-corrected chi connectivity index (χ0v) is 36.6. The van der Waals surface area contributed by atoms with Gasteiger partial charge in [0.2, 0.25) is 5.91 Å². The maximum Gasteiger partial charge on any atom is 0.268 e. The number of allylic oxidation sites excluding steroid dienone is 7. The van der Waals surface area contributed by atoms with Crippen LogP contribution in [0.3, 0.4) is 0 Å². The van der Waals surface area contributed by atoms with Crippen LogP contribution in [-0.4, -0.2) is 68.5 Å². The average Bonchev–Trinajstić information content (AvgIpc) is 3.12. The van der Waals surface area contributed by atoms with E-state index in [0.717, 1.165) is 51.4 Å². The smallest absolute Gasteiger partial charge is 0.268 e. The van der Waals surface area contributed by atoms with Gasteiger partial charge in [0.1, 0.15) is 13.2 Å². The third-order valence-electron chi connectivity index (χ3n) is 9.47. The largest absolute Gasteiger partial charge is 0.756 e. The molecule has 0 aliphatic heterocycles. The van der Waals surface area contributed by atoms with Crippen molar-refractivity contribution in [1.29, 1.82) is 0 Å². The molecule has 54 heavy (non-hydrogen) atoms. The highest BCUT2D eigenvalue weighted by Gasteiger charge is 2.23. The van der Waals surface area contributed by atoms with E-state index in [0.29, 0.717) is 17.4 Å². The lowest BCUT2D eigenvalue weighted by Crippen LogP contribution is -2.45. The number of phosphoric ester groups is 1. The van der Waals surface area contributed by atoms with Gasteiger partial charge in [-0.2, -0.15) is 0 Å². The van der Waals surface area contributed by atoms with Gasteiger partial charge in [-0.3, -0.25) is 9.36 Å². The van der Waals surface area contributed by atoms with Crippen LogP contribution in [0.5, 0.6) is 0 Å². The Morgan fingerprint density at radius 2 is 1.07 bits per heavy atom. The minimum atomic E-state index is -4.60. The van der Waals surface area contributed by atoms with Crippen LogP contribution in [0, 0.1) is 0 Å². The van der Waals surface area contributed by atoms with Gasteiger partial charge in [-0.05, 0) is 64.2 Å². The Morgan fingerprint density at radius 3 is 1.57 bits per heavy atom. The number of aliphatic hydroxyl groups excluding tert-OH is 1. The van der Waals surface area contributed by atoms with Crippen molar-refractivity contribution in [2.75, 3.05) is 40.9 Å². The molecule has 0 aliphatic rings. The number of hydrogen-bond donors (Lipinski definition) is 2. The van der Waals surface area contributed by atoms with Gasteiger partial charge >= 0.3 is 0 Å². The Hall–Kier alpha value is -1.54. The summed E-state index contributed by atoms with van der Waals surface area (Å²) in [5.41, 5.74) is 0. The normalized spacial score (nSPS) is 14.9. The topological polar surface area (TPSA) is 108 Å². The molecule has 8 nitrogen and oxygen atoms in total. The lowest BCUT2D eigenvalue weighted by molar-refractivity contribution is -0.870. The van der Waals surface area contributed by atoms with Crippen molar-refractivity contribution >= 4 is 13.7 Å². The van der Waals surface area contributed by atoms with Crippen molar-refractivity contribution in [1.82, 2.24) is 5.32 Å². The van der Waals surface area contributed by atoms with E-state index in [2.05, 4.69) is 55.6 Å². The maximum absolute atomic E-state index is 12.8. The van der Waals surface area contributed by atoms with Crippen molar-refractivity contribution in [3.05, 3.63) is 48.6 Å². The summed E-state index contributed by atoms with van der Waals surface area (Å²) in [5.74, 6) is -0.219. The molecule has 0 spiro atoms. The number of carbonyl (C=O) groups excluding carboxylic acids is 1. The van der Waals surface area contributed by atoms with Crippen LogP contribution in [0.2, 0.25) is 0 Å². The van der Waals surface area contributed by atoms with Gasteiger partial charge in [0.15, 0.2) is 0 Å². The molecule has 0 aromatic rings. The monoisotopic (exact) mass is 781 g/mol. The third-order valence-corrected chi connectivity index (χ3v) is 10.4. The number of quaternary nitrogens is 1. The van der Waals surface area contributed by atoms with Crippen LogP contribution in [0.15, 0.2) is 48.6 Å². The standard InChI is InChI=1S/C45H85N2O6P/c1-6-8-10-12-14-16-18-19-20-21-22-23-24-25-26-27-29-31-33-35-37-39-45(49)46-43(42-53-54(50,51)52-41-40-47(3,4)5)44(48)38-36-34-32-30-28-17-15-13-11-9-7-2/h11,13,23-24,28,30,36,38,43-44,48H,6-10,12,14-22,25-27,29,31-35,37,39-42H2,1-5H3,(H-,46,49,50,51)/b13-11+,24-23-,30-28+,38-36+. The van der Waals surface area contributed by atoms with Gasteiger partial charge < -0.3 is 28.8 Å². The number of likely N-dealkylation sites (N-methyl/N-ethyl adjacent to an activating group) is 1. The second-order valence-electron chi connectivity index (χ2n) is 16.0. The van der Waals surface area contributed by atoms with E-state index in [9.17, 15) is 19.4 Å². The highest BCUT2D eigenvalue weighted by atomic mass is 31.2. The summed E-state index contributed by atoms with van der Waals surface area (Å²) < 4.78 is 23.1. The lowest BCUT2D eigenvalue weighted by Gasteiger charge is -2.29. The number of nitrogens with one attached hydrogen (secondary N) is 1. The quantitative estimate of drug-likeness (QED) is 0.0278. The molecule has 0 bridgehead atoms. The number of amides is 1. The highest BCUT2D eigenvalue weighted by molar-refractivity contribution is 7.45. The van der Waals surface area contributed by atoms with Crippen molar-refractivity contribution in [2.45, 2.75) is 193 Å². The molecule has 9 heteroatoms.